The lowest BCUT2D eigenvalue weighted by atomic mass is 10.1. The van der Waals surface area contributed by atoms with Crippen molar-refractivity contribution in [3.05, 3.63) is 57.9 Å². The molecule has 0 radical (unpaired) electrons. The van der Waals surface area contributed by atoms with Gasteiger partial charge in [-0.25, -0.2) is 8.42 Å². The van der Waals surface area contributed by atoms with Crippen molar-refractivity contribution < 1.29 is 13.2 Å². The lowest BCUT2D eigenvalue weighted by Crippen LogP contribution is -2.13. The van der Waals surface area contributed by atoms with Crippen LogP contribution in [0.1, 0.15) is 23.9 Å². The predicted octanol–water partition coefficient (Wildman–Crippen LogP) is 3.94. The lowest BCUT2D eigenvalue weighted by Gasteiger charge is -2.10. The van der Waals surface area contributed by atoms with E-state index >= 15 is 0 Å². The van der Waals surface area contributed by atoms with E-state index in [-0.39, 0.29) is 20.8 Å². The second-order valence-corrected chi connectivity index (χ2v) is 10.4. The topological polar surface area (TPSA) is 118 Å². The number of hydrogen-bond acceptors (Lipinski definition) is 7. The van der Waals surface area contributed by atoms with Crippen molar-refractivity contribution >= 4 is 49.9 Å². The van der Waals surface area contributed by atoms with Gasteiger partial charge in [0.1, 0.15) is 11.6 Å². The van der Waals surface area contributed by atoms with Gasteiger partial charge in [0.05, 0.1) is 5.75 Å². The molecule has 0 atom stereocenters. The van der Waals surface area contributed by atoms with Crippen molar-refractivity contribution in [2.75, 3.05) is 11.1 Å². The Labute approximate surface area is 188 Å². The van der Waals surface area contributed by atoms with Crippen LogP contribution >= 0.6 is 22.9 Å². The molecule has 0 aliphatic heterocycles. The molecule has 0 fully saturated rings. The van der Waals surface area contributed by atoms with Crippen LogP contribution < -0.4 is 5.32 Å². The minimum Gasteiger partial charge on any atom is -0.318 e. The Hall–Kier alpha value is -3.00. The van der Waals surface area contributed by atoms with Gasteiger partial charge >= 0.3 is 0 Å². The lowest BCUT2D eigenvalue weighted by molar-refractivity contribution is -0.112. The third kappa shape index (κ3) is 4.85. The van der Waals surface area contributed by atoms with Crippen molar-refractivity contribution in [3.8, 4) is 11.8 Å². The maximum atomic E-state index is 12.6. The zero-order valence-corrected chi connectivity index (χ0v) is 19.3. The number of nitrogens with one attached hydrogen (secondary N) is 1. The summed E-state index contributed by atoms with van der Waals surface area (Å²) in [7, 11) is -3.52. The Bertz CT molecular complexity index is 1330. The minimum absolute atomic E-state index is 0.00238. The molecule has 2 aromatic heterocycles. The average Bonchev–Trinajstić information content (AvgIpc) is 3.30. The predicted molar refractivity (Wildman–Crippen MR) is 120 cm³/mol. The van der Waals surface area contributed by atoms with Crippen LogP contribution in [0, 0.1) is 25.2 Å². The van der Waals surface area contributed by atoms with E-state index in [2.05, 4.69) is 15.5 Å². The van der Waals surface area contributed by atoms with E-state index in [0.29, 0.717) is 10.6 Å². The van der Waals surface area contributed by atoms with E-state index < -0.39 is 15.7 Å². The molecule has 3 rings (SSSR count). The van der Waals surface area contributed by atoms with Crippen LogP contribution in [0.5, 0.6) is 0 Å². The van der Waals surface area contributed by atoms with E-state index in [9.17, 15) is 18.5 Å². The van der Waals surface area contributed by atoms with E-state index in [1.165, 1.54) is 13.0 Å². The average molecular weight is 476 g/mol. The zero-order valence-electron chi connectivity index (χ0n) is 16.9. The number of benzene rings is 1. The van der Waals surface area contributed by atoms with Crippen LogP contribution in [0.15, 0.2) is 40.2 Å². The molecule has 0 saturated heterocycles. The Morgan fingerprint density at radius 2 is 2.06 bits per heavy atom. The molecule has 0 bridgehead atoms. The van der Waals surface area contributed by atoms with Crippen molar-refractivity contribution in [3.63, 3.8) is 0 Å². The number of rotatable bonds is 6. The normalized spacial score (nSPS) is 11.9. The van der Waals surface area contributed by atoms with Gasteiger partial charge in [0.2, 0.25) is 19.3 Å². The van der Waals surface area contributed by atoms with E-state index in [1.54, 1.807) is 6.07 Å². The fraction of sp³-hybridized carbons (Fsp3) is 0.200. The Kier molecular flexibility index (Phi) is 6.59. The first-order valence-electron chi connectivity index (χ1n) is 9.10. The number of sulfone groups is 1. The molecule has 1 N–H and O–H groups in total. The fourth-order valence-electron chi connectivity index (χ4n) is 2.92. The monoisotopic (exact) mass is 475 g/mol. The van der Waals surface area contributed by atoms with Gasteiger partial charge in [-0.15, -0.1) is 10.2 Å². The molecule has 31 heavy (non-hydrogen) atoms. The Morgan fingerprint density at radius 1 is 1.32 bits per heavy atom. The summed E-state index contributed by atoms with van der Waals surface area (Å²) in [6, 6.07) is 11.1. The van der Waals surface area contributed by atoms with Crippen molar-refractivity contribution in [1.29, 1.82) is 5.26 Å². The number of nitrogens with zero attached hydrogens (tertiary/aromatic N) is 4. The number of carbonyl (C=O) groups excluding carboxylic acids is 1. The summed E-state index contributed by atoms with van der Waals surface area (Å²) in [4.78, 5) is 12.6. The maximum absolute atomic E-state index is 12.6. The summed E-state index contributed by atoms with van der Waals surface area (Å²) >= 11 is 6.84. The zero-order chi connectivity index (χ0) is 22.8. The van der Waals surface area contributed by atoms with Gasteiger partial charge in [0.25, 0.3) is 5.91 Å². The molecule has 0 unspecified atom stereocenters. The largest absolute Gasteiger partial charge is 0.318 e. The number of anilines is 1. The second-order valence-electron chi connectivity index (χ2n) is 6.54. The van der Waals surface area contributed by atoms with Gasteiger partial charge in [-0.3, -0.25) is 10.1 Å². The van der Waals surface area contributed by atoms with Gasteiger partial charge in [-0.1, -0.05) is 35.9 Å². The number of amides is 1. The molecule has 0 aliphatic carbocycles. The van der Waals surface area contributed by atoms with E-state index in [0.717, 1.165) is 28.4 Å². The van der Waals surface area contributed by atoms with Gasteiger partial charge in [-0.2, -0.15) is 5.26 Å². The van der Waals surface area contributed by atoms with Crippen molar-refractivity contribution in [2.24, 2.45) is 0 Å². The van der Waals surface area contributed by atoms with Crippen LogP contribution in [0.2, 0.25) is 5.02 Å². The first-order valence-corrected chi connectivity index (χ1v) is 11.9. The highest BCUT2D eigenvalue weighted by Gasteiger charge is 2.20. The molecule has 0 saturated carbocycles. The molecule has 160 valence electrons. The summed E-state index contributed by atoms with van der Waals surface area (Å²) in [5.41, 5.74) is 3.13. The molecule has 3 aromatic rings. The second kappa shape index (κ2) is 9.01. The van der Waals surface area contributed by atoms with Crippen molar-refractivity contribution in [2.45, 2.75) is 25.1 Å². The highest BCUT2D eigenvalue weighted by Crippen LogP contribution is 2.25. The highest BCUT2D eigenvalue weighted by atomic mass is 35.5. The molecule has 0 spiro atoms. The summed E-state index contributed by atoms with van der Waals surface area (Å²) in [6.07, 6.45) is 1.48. The molecule has 0 aliphatic rings. The highest BCUT2D eigenvalue weighted by molar-refractivity contribution is 7.93. The molecule has 2 heterocycles. The first-order chi connectivity index (χ1) is 14.7. The number of halogens is 1. The summed E-state index contributed by atoms with van der Waals surface area (Å²) in [6.45, 7) is 5.28. The molecule has 1 amide bonds. The quantitative estimate of drug-likeness (QED) is 0.327. The van der Waals surface area contributed by atoms with E-state index in [4.69, 9.17) is 11.6 Å². The maximum Gasteiger partial charge on any atom is 0.268 e. The molecule has 8 nitrogen and oxygen atoms in total. The van der Waals surface area contributed by atoms with Gasteiger partial charge in [0, 0.05) is 22.1 Å². The number of aromatic nitrogens is 3. The Balaban J connectivity index is 1.90. The molecule has 1 aromatic carbocycles. The third-order valence-corrected chi connectivity index (χ3v) is 7.73. The molecular formula is C20H18ClN5O3S2. The first kappa shape index (κ1) is 22.7. The summed E-state index contributed by atoms with van der Waals surface area (Å²) < 4.78 is 25.5. The van der Waals surface area contributed by atoms with Gasteiger partial charge in [0.15, 0.2) is 0 Å². The number of carbonyl (C=O) groups is 1. The smallest absolute Gasteiger partial charge is 0.268 e. The SMILES string of the molecule is CCS(=O)(=O)c1nnc(NC(=O)C(C#N)=Cc2cc(C)n(-c3cccc(Cl)c3)c2C)s1. The van der Waals surface area contributed by atoms with Crippen molar-refractivity contribution in [1.82, 2.24) is 14.8 Å². The standard InChI is InChI=1S/C20H18ClN5O3S2/c1-4-31(28,29)20-25-24-19(30-20)23-18(27)15(11-22)9-14-8-12(2)26(13(14)3)17-7-5-6-16(21)10-17/h5-10H,4H2,1-3H3,(H,23,24,27). The number of aryl methyl sites for hydroxylation is 1. The fourth-order valence-corrected chi connectivity index (χ4v) is 5.09. The third-order valence-electron chi connectivity index (χ3n) is 4.47. The van der Waals surface area contributed by atoms with E-state index in [1.807, 2.05) is 48.7 Å². The molecule has 11 heteroatoms. The number of nitriles is 1. The van der Waals surface area contributed by atoms with Crippen LogP contribution in [-0.2, 0) is 14.6 Å². The minimum atomic E-state index is -3.52. The van der Waals surface area contributed by atoms with Crippen LogP contribution in [-0.4, -0.2) is 34.8 Å². The number of hydrogen-bond donors (Lipinski definition) is 1. The van der Waals surface area contributed by atoms with Gasteiger partial charge in [-0.05, 0) is 49.8 Å². The van der Waals surface area contributed by atoms with Gasteiger partial charge < -0.3 is 4.57 Å². The van der Waals surface area contributed by atoms with Crippen LogP contribution in [0.4, 0.5) is 5.13 Å². The summed E-state index contributed by atoms with van der Waals surface area (Å²) in [5.74, 6) is -0.826. The Morgan fingerprint density at radius 3 is 2.71 bits per heavy atom. The molecular weight excluding hydrogens is 458 g/mol. The summed E-state index contributed by atoms with van der Waals surface area (Å²) in [5, 5.41) is 19.8. The van der Waals surface area contributed by atoms with Crippen LogP contribution in [0.3, 0.4) is 0 Å². The van der Waals surface area contributed by atoms with Crippen LogP contribution in [0.25, 0.3) is 11.8 Å².